The van der Waals surface area contributed by atoms with Gasteiger partial charge in [-0.15, -0.1) is 6.58 Å². The van der Waals surface area contributed by atoms with E-state index in [2.05, 4.69) is 11.1 Å². The molecule has 2 unspecified atom stereocenters. The first kappa shape index (κ1) is 20.0. The van der Waals surface area contributed by atoms with Crippen LogP contribution in [0.4, 0.5) is 5.88 Å². The number of carbonyl (C=O) groups excluding carboxylic acids is 2. The highest BCUT2D eigenvalue weighted by Gasteiger charge is 2.29. The molecule has 0 saturated carbocycles. The Morgan fingerprint density at radius 3 is 2.59 bits per heavy atom. The molecule has 0 aliphatic carbocycles. The first-order valence-electron chi connectivity index (χ1n) is 8.41. The minimum atomic E-state index is -0.804. The van der Waals surface area contributed by atoms with E-state index in [-0.39, 0.29) is 36.0 Å². The number of carbonyl (C=O) groups is 2. The number of anilines is 1. The van der Waals surface area contributed by atoms with E-state index in [9.17, 15) is 14.4 Å². The van der Waals surface area contributed by atoms with Gasteiger partial charge in [0.05, 0.1) is 5.92 Å². The van der Waals surface area contributed by atoms with Crippen molar-refractivity contribution in [2.24, 2.45) is 5.92 Å². The number of H-pyrrole nitrogens is 1. The Balaban J connectivity index is 0.000000223. The molecule has 0 bridgehead atoms. The molecule has 144 valence electrons. The molecule has 0 amide bonds. The number of rotatable bonds is 5. The summed E-state index contributed by atoms with van der Waals surface area (Å²) < 4.78 is 14.4. The maximum Gasteiger partial charge on any atom is 0.349 e. The van der Waals surface area contributed by atoms with Crippen LogP contribution in [0, 0.1) is 5.92 Å². The predicted molar refractivity (Wildman–Crippen MR) is 97.8 cm³/mol. The van der Waals surface area contributed by atoms with Crippen LogP contribution in [0.15, 0.2) is 52.3 Å². The standard InChI is InChI=1S/C11H10N2O4.C8H12O2/c12-9-8(10(14)13-17-9)11(15)16-6-7-4-2-1-3-5-7;1-3-4-7-5-6(2)8(9)10-7/h1-5H,6,12H2,(H,13,14);3,6-7H,1,4-5H2,2H3. The Kier molecular flexibility index (Phi) is 6.99. The highest BCUT2D eigenvalue weighted by molar-refractivity contribution is 5.93. The van der Waals surface area contributed by atoms with Crippen LogP contribution in [0.1, 0.15) is 35.7 Å². The zero-order valence-corrected chi connectivity index (χ0v) is 15.0. The molecule has 2 atom stereocenters. The number of nitrogens with two attached hydrogens (primary N) is 1. The summed E-state index contributed by atoms with van der Waals surface area (Å²) in [7, 11) is 0. The Morgan fingerprint density at radius 1 is 1.37 bits per heavy atom. The van der Waals surface area contributed by atoms with E-state index < -0.39 is 11.5 Å². The molecule has 0 spiro atoms. The number of benzene rings is 1. The highest BCUT2D eigenvalue weighted by atomic mass is 16.6. The van der Waals surface area contributed by atoms with Crippen LogP contribution in [0.3, 0.4) is 0 Å². The van der Waals surface area contributed by atoms with Crippen LogP contribution in [-0.2, 0) is 20.9 Å². The molecule has 8 nitrogen and oxygen atoms in total. The number of nitrogens with one attached hydrogen (secondary N) is 1. The third kappa shape index (κ3) is 5.60. The van der Waals surface area contributed by atoms with Gasteiger partial charge in [0.15, 0.2) is 5.56 Å². The maximum absolute atomic E-state index is 11.5. The average Bonchev–Trinajstić information content (AvgIpc) is 3.15. The van der Waals surface area contributed by atoms with Gasteiger partial charge in [0.1, 0.15) is 12.7 Å². The fourth-order valence-corrected chi connectivity index (χ4v) is 2.45. The predicted octanol–water partition coefficient (Wildman–Crippen LogP) is 2.42. The quantitative estimate of drug-likeness (QED) is 0.608. The lowest BCUT2D eigenvalue weighted by Crippen LogP contribution is -2.16. The molecule has 1 fully saturated rings. The minimum Gasteiger partial charge on any atom is -0.462 e. The van der Waals surface area contributed by atoms with Crippen molar-refractivity contribution >= 4 is 17.8 Å². The van der Waals surface area contributed by atoms with E-state index in [1.165, 1.54) is 0 Å². The molecule has 8 heteroatoms. The van der Waals surface area contributed by atoms with Crippen LogP contribution in [-0.4, -0.2) is 23.2 Å². The summed E-state index contributed by atoms with van der Waals surface area (Å²) in [5.41, 5.74) is 5.13. The van der Waals surface area contributed by atoms with Crippen LogP contribution < -0.4 is 11.3 Å². The van der Waals surface area contributed by atoms with Crippen molar-refractivity contribution in [3.8, 4) is 0 Å². The van der Waals surface area contributed by atoms with Gasteiger partial charge < -0.3 is 19.7 Å². The Bertz CT molecular complexity index is 839. The van der Waals surface area contributed by atoms with Gasteiger partial charge >= 0.3 is 11.9 Å². The third-order valence-corrected chi connectivity index (χ3v) is 3.88. The summed E-state index contributed by atoms with van der Waals surface area (Å²) in [5.74, 6) is -1.05. The molecule has 1 saturated heterocycles. The van der Waals surface area contributed by atoms with E-state index in [0.29, 0.717) is 0 Å². The van der Waals surface area contributed by atoms with Crippen LogP contribution in [0.25, 0.3) is 0 Å². The molecule has 3 rings (SSSR count). The largest absolute Gasteiger partial charge is 0.462 e. The van der Waals surface area contributed by atoms with E-state index in [1.807, 2.05) is 30.3 Å². The van der Waals surface area contributed by atoms with Crippen molar-refractivity contribution < 1.29 is 23.6 Å². The second-order valence-corrected chi connectivity index (χ2v) is 6.05. The van der Waals surface area contributed by atoms with Gasteiger partial charge in [-0.1, -0.05) is 43.3 Å². The number of cyclic esters (lactones) is 1. The van der Waals surface area contributed by atoms with Crippen LogP contribution in [0.2, 0.25) is 0 Å². The van der Waals surface area contributed by atoms with E-state index in [1.54, 1.807) is 18.2 Å². The number of nitrogen functional groups attached to an aromatic ring is 1. The minimum absolute atomic E-state index is 0.0631. The van der Waals surface area contributed by atoms with Gasteiger partial charge in [-0.25, -0.2) is 4.79 Å². The molecule has 0 radical (unpaired) electrons. The van der Waals surface area contributed by atoms with E-state index in [4.69, 9.17) is 15.2 Å². The zero-order valence-electron chi connectivity index (χ0n) is 15.0. The lowest BCUT2D eigenvalue weighted by atomic mass is 10.1. The second-order valence-electron chi connectivity index (χ2n) is 6.05. The summed E-state index contributed by atoms with van der Waals surface area (Å²) in [5, 5.41) is 1.96. The summed E-state index contributed by atoms with van der Waals surface area (Å²) in [6.45, 7) is 5.55. The lowest BCUT2D eigenvalue weighted by Gasteiger charge is -2.02. The lowest BCUT2D eigenvalue weighted by molar-refractivity contribution is -0.143. The maximum atomic E-state index is 11.5. The fraction of sp³-hybridized carbons (Fsp3) is 0.316. The average molecular weight is 374 g/mol. The first-order valence-corrected chi connectivity index (χ1v) is 8.41. The summed E-state index contributed by atoms with van der Waals surface area (Å²) in [4.78, 5) is 33.5. The molecule has 2 aromatic rings. The van der Waals surface area contributed by atoms with Crippen molar-refractivity contribution in [3.05, 3.63) is 64.5 Å². The van der Waals surface area contributed by atoms with Crippen molar-refractivity contribution in [3.63, 3.8) is 0 Å². The highest BCUT2D eigenvalue weighted by Crippen LogP contribution is 2.22. The molecule has 2 heterocycles. The van der Waals surface area contributed by atoms with E-state index >= 15 is 0 Å². The number of hydrogen-bond donors (Lipinski definition) is 2. The molecule has 1 aromatic carbocycles. The second kappa shape index (κ2) is 9.42. The molecule has 3 N–H and O–H groups in total. The molecule has 1 aliphatic rings. The Morgan fingerprint density at radius 2 is 2.07 bits per heavy atom. The SMILES string of the molecule is C=CCC1CC(C)C(=O)O1.Nc1o[nH]c(=O)c1C(=O)OCc1ccccc1. The Labute approximate surface area is 155 Å². The van der Waals surface area contributed by atoms with Gasteiger partial charge in [-0.05, 0) is 12.0 Å². The van der Waals surface area contributed by atoms with Gasteiger partial charge in [-0.2, -0.15) is 5.16 Å². The molecular formula is C19H22N2O6. The van der Waals surface area contributed by atoms with Crippen molar-refractivity contribution in [1.82, 2.24) is 5.16 Å². The van der Waals surface area contributed by atoms with Gasteiger partial charge in [0.25, 0.3) is 5.56 Å². The number of aromatic amines is 1. The molecule has 27 heavy (non-hydrogen) atoms. The summed E-state index contributed by atoms with van der Waals surface area (Å²) in [6, 6.07) is 9.10. The van der Waals surface area contributed by atoms with Crippen LogP contribution in [0.5, 0.6) is 0 Å². The fourth-order valence-electron chi connectivity index (χ4n) is 2.45. The topological polar surface area (TPSA) is 125 Å². The van der Waals surface area contributed by atoms with Crippen molar-refractivity contribution in [2.45, 2.75) is 32.5 Å². The number of aromatic nitrogens is 1. The van der Waals surface area contributed by atoms with Crippen molar-refractivity contribution in [1.29, 1.82) is 0 Å². The summed E-state index contributed by atoms with van der Waals surface area (Å²) in [6.07, 6.45) is 3.52. The number of ether oxygens (including phenoxy) is 2. The molecular weight excluding hydrogens is 352 g/mol. The molecule has 1 aromatic heterocycles. The summed E-state index contributed by atoms with van der Waals surface area (Å²) >= 11 is 0. The van der Waals surface area contributed by atoms with Crippen molar-refractivity contribution in [2.75, 3.05) is 5.73 Å². The van der Waals surface area contributed by atoms with Crippen LogP contribution >= 0.6 is 0 Å². The van der Waals surface area contributed by atoms with Gasteiger partial charge in [0, 0.05) is 6.42 Å². The third-order valence-electron chi connectivity index (χ3n) is 3.88. The van der Waals surface area contributed by atoms with Gasteiger partial charge in [-0.3, -0.25) is 9.59 Å². The number of hydrogen-bond acceptors (Lipinski definition) is 7. The normalized spacial score (nSPS) is 18.2. The van der Waals surface area contributed by atoms with E-state index in [0.717, 1.165) is 18.4 Å². The first-order chi connectivity index (χ1) is 12.9. The Hall–Kier alpha value is -3.29. The zero-order chi connectivity index (χ0) is 19.8. The number of esters is 2. The van der Waals surface area contributed by atoms with Gasteiger partial charge in [0.2, 0.25) is 5.88 Å². The molecule has 1 aliphatic heterocycles. The smallest absolute Gasteiger partial charge is 0.349 e. The monoisotopic (exact) mass is 374 g/mol.